The van der Waals surface area contributed by atoms with E-state index in [0.717, 1.165) is 6.42 Å². The fourth-order valence-corrected chi connectivity index (χ4v) is 3.55. The van der Waals surface area contributed by atoms with Crippen molar-refractivity contribution >= 4 is 10.0 Å². The van der Waals surface area contributed by atoms with Gasteiger partial charge in [-0.05, 0) is 25.0 Å². The summed E-state index contributed by atoms with van der Waals surface area (Å²) in [6.07, 6.45) is 2.96. The van der Waals surface area contributed by atoms with E-state index >= 15 is 0 Å². The van der Waals surface area contributed by atoms with Crippen molar-refractivity contribution in [2.45, 2.75) is 23.9 Å². The Morgan fingerprint density at radius 1 is 1.50 bits per heavy atom. The van der Waals surface area contributed by atoms with Crippen LogP contribution in [-0.4, -0.2) is 42.0 Å². The minimum absolute atomic E-state index is 0.0513. The molecule has 1 aromatic heterocycles. The summed E-state index contributed by atoms with van der Waals surface area (Å²) in [5.41, 5.74) is 0. The van der Waals surface area contributed by atoms with Gasteiger partial charge in [0.25, 0.3) is 10.0 Å². The highest BCUT2D eigenvalue weighted by Crippen LogP contribution is 2.24. The fraction of sp³-hybridized carbons (Fsp3) is 0.500. The molecule has 88 valence electrons. The SMILES string of the molecule is O=S(=O)(c1ccccn1)N1CCC[C@H]1CO. The third-order valence-electron chi connectivity index (χ3n) is 2.74. The zero-order valence-corrected chi connectivity index (χ0v) is 9.60. The fourth-order valence-electron chi connectivity index (χ4n) is 1.93. The van der Waals surface area contributed by atoms with Crippen molar-refractivity contribution in [3.05, 3.63) is 24.4 Å². The van der Waals surface area contributed by atoms with E-state index in [-0.39, 0.29) is 17.7 Å². The van der Waals surface area contributed by atoms with Crippen LogP contribution in [0.25, 0.3) is 0 Å². The van der Waals surface area contributed by atoms with E-state index in [2.05, 4.69) is 4.98 Å². The van der Waals surface area contributed by atoms with Gasteiger partial charge in [-0.2, -0.15) is 4.31 Å². The highest BCUT2D eigenvalue weighted by molar-refractivity contribution is 7.89. The summed E-state index contributed by atoms with van der Waals surface area (Å²) in [5.74, 6) is 0. The minimum atomic E-state index is -3.54. The van der Waals surface area contributed by atoms with Gasteiger partial charge in [-0.15, -0.1) is 0 Å². The van der Waals surface area contributed by atoms with Crippen LogP contribution < -0.4 is 0 Å². The van der Waals surface area contributed by atoms with Crippen LogP contribution in [0.5, 0.6) is 0 Å². The quantitative estimate of drug-likeness (QED) is 0.823. The molecule has 0 unspecified atom stereocenters. The molecule has 0 aromatic carbocycles. The van der Waals surface area contributed by atoms with E-state index in [4.69, 9.17) is 5.11 Å². The maximum absolute atomic E-state index is 12.2. The Balaban J connectivity index is 2.33. The average molecular weight is 242 g/mol. The predicted octanol–water partition coefficient (Wildman–Crippen LogP) is 0.227. The third-order valence-corrected chi connectivity index (χ3v) is 4.61. The van der Waals surface area contributed by atoms with Crippen molar-refractivity contribution < 1.29 is 13.5 Å². The molecular formula is C10H14N2O3S. The summed E-state index contributed by atoms with van der Waals surface area (Å²) in [6, 6.07) is 4.49. The van der Waals surface area contributed by atoms with Crippen LogP contribution >= 0.6 is 0 Å². The molecule has 0 radical (unpaired) electrons. The second-order valence-corrected chi connectivity index (χ2v) is 5.60. The molecule has 0 spiro atoms. The van der Waals surface area contributed by atoms with Crippen LogP contribution in [0.4, 0.5) is 0 Å². The first-order valence-electron chi connectivity index (χ1n) is 5.20. The molecule has 1 aromatic rings. The molecule has 0 saturated carbocycles. The number of hydrogen-bond donors (Lipinski definition) is 1. The molecule has 1 atom stereocenters. The number of pyridine rings is 1. The Kier molecular flexibility index (Phi) is 3.22. The van der Waals surface area contributed by atoms with Gasteiger partial charge in [0.2, 0.25) is 0 Å². The van der Waals surface area contributed by atoms with E-state index in [0.29, 0.717) is 13.0 Å². The molecule has 1 fully saturated rings. The van der Waals surface area contributed by atoms with Gasteiger partial charge in [0, 0.05) is 18.8 Å². The highest BCUT2D eigenvalue weighted by atomic mass is 32.2. The number of nitrogens with zero attached hydrogens (tertiary/aromatic N) is 2. The second kappa shape index (κ2) is 4.48. The number of aromatic nitrogens is 1. The zero-order valence-electron chi connectivity index (χ0n) is 8.78. The largest absolute Gasteiger partial charge is 0.395 e. The maximum atomic E-state index is 12.2. The lowest BCUT2D eigenvalue weighted by atomic mass is 10.2. The van der Waals surface area contributed by atoms with Crippen molar-refractivity contribution in [2.75, 3.05) is 13.2 Å². The van der Waals surface area contributed by atoms with Gasteiger partial charge in [0.05, 0.1) is 6.61 Å². The van der Waals surface area contributed by atoms with E-state index in [9.17, 15) is 8.42 Å². The predicted molar refractivity (Wildman–Crippen MR) is 58.2 cm³/mol. The summed E-state index contributed by atoms with van der Waals surface area (Å²) in [6.45, 7) is 0.330. The maximum Gasteiger partial charge on any atom is 0.260 e. The van der Waals surface area contributed by atoms with Crippen molar-refractivity contribution in [1.82, 2.24) is 9.29 Å². The molecule has 0 bridgehead atoms. The molecule has 6 heteroatoms. The molecule has 16 heavy (non-hydrogen) atoms. The topological polar surface area (TPSA) is 70.5 Å². The number of sulfonamides is 1. The van der Waals surface area contributed by atoms with Gasteiger partial charge in [0.1, 0.15) is 0 Å². The number of hydrogen-bond acceptors (Lipinski definition) is 4. The normalized spacial score (nSPS) is 22.4. The van der Waals surface area contributed by atoms with Crippen molar-refractivity contribution in [2.24, 2.45) is 0 Å². The molecule has 1 N–H and O–H groups in total. The number of aliphatic hydroxyl groups is 1. The van der Waals surface area contributed by atoms with Crippen LogP contribution in [0.1, 0.15) is 12.8 Å². The van der Waals surface area contributed by atoms with Gasteiger partial charge >= 0.3 is 0 Å². The summed E-state index contributed by atoms with van der Waals surface area (Å²) < 4.78 is 25.7. The van der Waals surface area contributed by atoms with Gasteiger partial charge in [0.15, 0.2) is 5.03 Å². The first kappa shape index (κ1) is 11.5. The Bertz CT molecular complexity index is 446. The van der Waals surface area contributed by atoms with Crippen LogP contribution in [0, 0.1) is 0 Å². The highest BCUT2D eigenvalue weighted by Gasteiger charge is 2.35. The first-order valence-corrected chi connectivity index (χ1v) is 6.64. The summed E-state index contributed by atoms with van der Waals surface area (Å²) >= 11 is 0. The number of aliphatic hydroxyl groups excluding tert-OH is 1. The average Bonchev–Trinajstić information content (AvgIpc) is 2.79. The monoisotopic (exact) mass is 242 g/mol. The molecule has 2 heterocycles. The zero-order chi connectivity index (χ0) is 11.6. The third kappa shape index (κ3) is 1.95. The summed E-state index contributed by atoms with van der Waals surface area (Å²) in [7, 11) is -3.54. The van der Waals surface area contributed by atoms with Crippen molar-refractivity contribution in [1.29, 1.82) is 0 Å². The Morgan fingerprint density at radius 2 is 2.31 bits per heavy atom. The molecule has 1 aliphatic heterocycles. The lowest BCUT2D eigenvalue weighted by Crippen LogP contribution is -2.37. The van der Waals surface area contributed by atoms with Crippen LogP contribution in [0.3, 0.4) is 0 Å². The second-order valence-electron chi connectivity index (χ2n) is 3.76. The van der Waals surface area contributed by atoms with Crippen molar-refractivity contribution in [3.8, 4) is 0 Å². The summed E-state index contributed by atoms with van der Waals surface area (Å²) in [5, 5.41) is 9.17. The van der Waals surface area contributed by atoms with Gasteiger partial charge in [-0.1, -0.05) is 6.07 Å². The molecule has 1 saturated heterocycles. The Hall–Kier alpha value is -0.980. The van der Waals surface area contributed by atoms with Crippen LogP contribution in [0.15, 0.2) is 29.4 Å². The molecule has 0 amide bonds. The Labute approximate surface area is 94.8 Å². The molecule has 2 rings (SSSR count). The van der Waals surface area contributed by atoms with Gasteiger partial charge in [-0.25, -0.2) is 13.4 Å². The van der Waals surface area contributed by atoms with Crippen molar-refractivity contribution in [3.63, 3.8) is 0 Å². The lowest BCUT2D eigenvalue weighted by molar-refractivity contribution is 0.213. The summed E-state index contributed by atoms with van der Waals surface area (Å²) in [4.78, 5) is 3.85. The Morgan fingerprint density at radius 3 is 2.94 bits per heavy atom. The van der Waals surface area contributed by atoms with E-state index < -0.39 is 10.0 Å². The molecule has 1 aliphatic rings. The molecular weight excluding hydrogens is 228 g/mol. The standard InChI is InChI=1S/C10H14N2O3S/c13-8-9-4-3-7-12(9)16(14,15)10-5-1-2-6-11-10/h1-2,5-6,9,13H,3-4,7-8H2/t9-/m0/s1. The lowest BCUT2D eigenvalue weighted by Gasteiger charge is -2.21. The van der Waals surface area contributed by atoms with E-state index in [1.807, 2.05) is 0 Å². The van der Waals surface area contributed by atoms with Crippen LogP contribution in [-0.2, 0) is 10.0 Å². The van der Waals surface area contributed by atoms with E-state index in [1.54, 1.807) is 12.1 Å². The minimum Gasteiger partial charge on any atom is -0.395 e. The molecule has 0 aliphatic carbocycles. The smallest absolute Gasteiger partial charge is 0.260 e. The van der Waals surface area contributed by atoms with Gasteiger partial charge < -0.3 is 5.11 Å². The van der Waals surface area contributed by atoms with Crippen LogP contribution in [0.2, 0.25) is 0 Å². The van der Waals surface area contributed by atoms with E-state index in [1.165, 1.54) is 16.6 Å². The molecule has 5 nitrogen and oxygen atoms in total. The number of rotatable bonds is 3. The first-order chi connectivity index (χ1) is 7.66. The van der Waals surface area contributed by atoms with Gasteiger partial charge in [-0.3, -0.25) is 0 Å².